The van der Waals surface area contributed by atoms with E-state index in [4.69, 9.17) is 16.6 Å². The van der Waals surface area contributed by atoms with Crippen LogP contribution >= 0.6 is 45.6 Å². The zero-order chi connectivity index (χ0) is 20.8. The normalized spacial score (nSPS) is 13.9. The lowest BCUT2D eigenvalue weighted by molar-refractivity contribution is 0.103. The van der Waals surface area contributed by atoms with Crippen molar-refractivity contribution in [3.05, 3.63) is 48.5 Å². The smallest absolute Gasteiger partial charge is 0.267 e. The third kappa shape index (κ3) is 3.49. The number of carbonyl (C=O) groups excluding carboxylic acids is 1. The lowest BCUT2D eigenvalue weighted by Crippen LogP contribution is -2.24. The van der Waals surface area contributed by atoms with Gasteiger partial charge in [0.15, 0.2) is 5.13 Å². The van der Waals surface area contributed by atoms with Gasteiger partial charge in [0.1, 0.15) is 10.7 Å². The van der Waals surface area contributed by atoms with Crippen molar-refractivity contribution in [1.82, 2.24) is 14.5 Å². The van der Waals surface area contributed by atoms with Gasteiger partial charge in [-0.15, -0.1) is 34.0 Å². The largest absolute Gasteiger partial charge is 0.297 e. The number of thiophene rings is 2. The first kappa shape index (κ1) is 19.9. The summed E-state index contributed by atoms with van der Waals surface area (Å²) in [7, 11) is 0. The van der Waals surface area contributed by atoms with Crippen molar-refractivity contribution in [2.75, 3.05) is 5.32 Å². The second-order valence-electron chi connectivity index (χ2n) is 7.13. The van der Waals surface area contributed by atoms with Crippen molar-refractivity contribution in [1.29, 1.82) is 0 Å². The van der Waals surface area contributed by atoms with Crippen LogP contribution in [0.1, 0.15) is 40.3 Å². The highest BCUT2D eigenvalue weighted by Gasteiger charge is 2.23. The maximum absolute atomic E-state index is 13.1. The minimum absolute atomic E-state index is 0.0317. The molecule has 5 heterocycles. The molecule has 0 fully saturated rings. The Bertz CT molecular complexity index is 1330. The molecule has 0 aromatic carbocycles. The Labute approximate surface area is 189 Å². The topological polar surface area (TPSA) is 76.9 Å². The maximum Gasteiger partial charge on any atom is 0.267 e. The SMILES string of the molecule is Cc1c(C(=O)Nc2nc(-c3ccc(Cl)s3)cs2)sc2nc3n(c(=O)c12)CCCCC3. The second kappa shape index (κ2) is 7.88. The summed E-state index contributed by atoms with van der Waals surface area (Å²) in [5, 5.41) is 5.83. The number of hydrogen-bond donors (Lipinski definition) is 1. The third-order valence-corrected chi connectivity index (χ3v) is 8.36. The van der Waals surface area contributed by atoms with Crippen LogP contribution < -0.4 is 10.9 Å². The Balaban J connectivity index is 1.47. The number of nitrogens with one attached hydrogen (secondary N) is 1. The van der Waals surface area contributed by atoms with Crippen LogP contribution in [-0.4, -0.2) is 20.4 Å². The molecular weight excluding hydrogens is 460 g/mol. The fraction of sp³-hybridized carbons (Fsp3) is 0.300. The van der Waals surface area contributed by atoms with E-state index in [2.05, 4.69) is 10.3 Å². The molecule has 4 aromatic rings. The molecule has 5 rings (SSSR count). The van der Waals surface area contributed by atoms with Gasteiger partial charge in [0.25, 0.3) is 11.5 Å². The molecule has 0 aliphatic carbocycles. The summed E-state index contributed by atoms with van der Waals surface area (Å²) in [6.07, 6.45) is 3.94. The van der Waals surface area contributed by atoms with Crippen molar-refractivity contribution >= 4 is 66.9 Å². The molecule has 1 aliphatic heterocycles. The van der Waals surface area contributed by atoms with E-state index in [0.717, 1.165) is 42.1 Å². The van der Waals surface area contributed by atoms with Crippen LogP contribution in [0.5, 0.6) is 0 Å². The van der Waals surface area contributed by atoms with Crippen molar-refractivity contribution in [3.8, 4) is 10.6 Å². The average molecular weight is 477 g/mol. The van der Waals surface area contributed by atoms with Crippen LogP contribution in [-0.2, 0) is 13.0 Å². The van der Waals surface area contributed by atoms with Gasteiger partial charge in [-0.25, -0.2) is 9.97 Å². The van der Waals surface area contributed by atoms with Crippen LogP contribution in [0, 0.1) is 6.92 Å². The molecular formula is C20H17ClN4O2S3. The molecule has 0 saturated carbocycles. The third-order valence-electron chi connectivity index (χ3n) is 5.17. The van der Waals surface area contributed by atoms with Crippen LogP contribution in [0.2, 0.25) is 4.34 Å². The molecule has 0 bridgehead atoms. The van der Waals surface area contributed by atoms with Gasteiger partial charge in [0, 0.05) is 18.3 Å². The zero-order valence-corrected chi connectivity index (χ0v) is 19.2. The summed E-state index contributed by atoms with van der Waals surface area (Å²) in [5.74, 6) is 0.567. The average Bonchev–Trinajstić information content (AvgIpc) is 3.38. The lowest BCUT2D eigenvalue weighted by Gasteiger charge is -2.08. The van der Waals surface area contributed by atoms with Gasteiger partial charge in [-0.05, 0) is 37.5 Å². The number of fused-ring (bicyclic) bond motifs is 2. The molecule has 154 valence electrons. The summed E-state index contributed by atoms with van der Waals surface area (Å²) in [6, 6.07) is 3.74. The number of carbonyl (C=O) groups is 1. The zero-order valence-electron chi connectivity index (χ0n) is 16.0. The molecule has 0 spiro atoms. The highest BCUT2D eigenvalue weighted by atomic mass is 35.5. The molecule has 1 N–H and O–H groups in total. The van der Waals surface area contributed by atoms with E-state index in [-0.39, 0.29) is 11.5 Å². The predicted octanol–water partition coefficient (Wildman–Crippen LogP) is 5.58. The monoisotopic (exact) mass is 476 g/mol. The predicted molar refractivity (Wildman–Crippen MR) is 125 cm³/mol. The summed E-state index contributed by atoms with van der Waals surface area (Å²) in [5.41, 5.74) is 1.44. The minimum Gasteiger partial charge on any atom is -0.297 e. The molecule has 6 nitrogen and oxygen atoms in total. The van der Waals surface area contributed by atoms with Gasteiger partial charge in [-0.3, -0.25) is 19.5 Å². The van der Waals surface area contributed by atoms with Gasteiger partial charge in [0.05, 0.1) is 25.2 Å². The van der Waals surface area contributed by atoms with Gasteiger partial charge in [-0.1, -0.05) is 18.0 Å². The van der Waals surface area contributed by atoms with Gasteiger partial charge >= 0.3 is 0 Å². The first-order valence-corrected chi connectivity index (χ1v) is 12.5. The number of hydrogen-bond acceptors (Lipinski definition) is 7. The van der Waals surface area contributed by atoms with E-state index >= 15 is 0 Å². The first-order valence-electron chi connectivity index (χ1n) is 9.56. The van der Waals surface area contributed by atoms with Crippen LogP contribution in [0.25, 0.3) is 20.8 Å². The van der Waals surface area contributed by atoms with E-state index in [1.54, 1.807) is 4.57 Å². The van der Waals surface area contributed by atoms with E-state index in [0.29, 0.717) is 36.7 Å². The van der Waals surface area contributed by atoms with Crippen LogP contribution in [0.4, 0.5) is 5.13 Å². The molecule has 4 aromatic heterocycles. The minimum atomic E-state index is -0.264. The molecule has 0 radical (unpaired) electrons. The Kier molecular flexibility index (Phi) is 5.22. The van der Waals surface area contributed by atoms with E-state index < -0.39 is 0 Å². The fourth-order valence-corrected chi connectivity index (χ4v) is 6.55. The molecule has 1 amide bonds. The number of anilines is 1. The molecule has 0 atom stereocenters. The first-order chi connectivity index (χ1) is 14.5. The molecule has 1 aliphatic rings. The fourth-order valence-electron chi connectivity index (χ4n) is 3.68. The highest BCUT2D eigenvalue weighted by Crippen LogP contribution is 2.34. The highest BCUT2D eigenvalue weighted by molar-refractivity contribution is 7.21. The second-order valence-corrected chi connectivity index (χ2v) is 10.7. The van der Waals surface area contributed by atoms with Crippen molar-refractivity contribution in [3.63, 3.8) is 0 Å². The number of nitrogens with zero attached hydrogens (tertiary/aromatic N) is 3. The quantitative estimate of drug-likeness (QED) is 0.418. The Morgan fingerprint density at radius 2 is 2.07 bits per heavy atom. The Hall–Kier alpha value is -2.07. The molecule has 30 heavy (non-hydrogen) atoms. The Morgan fingerprint density at radius 1 is 1.20 bits per heavy atom. The van der Waals surface area contributed by atoms with E-state index in [1.165, 1.54) is 34.0 Å². The van der Waals surface area contributed by atoms with Gasteiger partial charge in [-0.2, -0.15) is 0 Å². The molecule has 0 saturated heterocycles. The number of thiazole rings is 1. The van der Waals surface area contributed by atoms with Crippen molar-refractivity contribution < 1.29 is 4.79 Å². The number of amides is 1. The Morgan fingerprint density at radius 3 is 2.87 bits per heavy atom. The summed E-state index contributed by atoms with van der Waals surface area (Å²) in [6.45, 7) is 2.52. The number of halogens is 1. The number of rotatable bonds is 3. The van der Waals surface area contributed by atoms with E-state index in [1.807, 2.05) is 24.4 Å². The van der Waals surface area contributed by atoms with Crippen molar-refractivity contribution in [2.45, 2.75) is 39.2 Å². The number of aromatic nitrogens is 3. The number of aryl methyl sites for hydroxylation is 2. The van der Waals surface area contributed by atoms with E-state index in [9.17, 15) is 9.59 Å². The van der Waals surface area contributed by atoms with Crippen molar-refractivity contribution in [2.24, 2.45) is 0 Å². The summed E-state index contributed by atoms with van der Waals surface area (Å²) in [4.78, 5) is 37.4. The standard InChI is InChI=1S/C20H17ClN4O2S3/c1-10-15-18(23-14-5-3-2-4-8-25(14)19(15)27)30-16(10)17(26)24-20-22-11(9-28-20)12-6-7-13(21)29-12/h6-7,9H,2-5,8H2,1H3,(H,22,24,26). The van der Waals surface area contributed by atoms with Crippen LogP contribution in [0.3, 0.4) is 0 Å². The summed E-state index contributed by atoms with van der Waals surface area (Å²) < 4.78 is 2.48. The van der Waals surface area contributed by atoms with Gasteiger partial charge in [0.2, 0.25) is 0 Å². The van der Waals surface area contributed by atoms with Gasteiger partial charge < -0.3 is 0 Å². The summed E-state index contributed by atoms with van der Waals surface area (Å²) >= 11 is 10.1. The maximum atomic E-state index is 13.1. The van der Waals surface area contributed by atoms with Crippen LogP contribution in [0.15, 0.2) is 22.3 Å². The molecule has 10 heteroatoms. The molecule has 0 unspecified atom stereocenters. The lowest BCUT2D eigenvalue weighted by atomic mass is 10.2.